The molecular formula is C5H10NS2. The van der Waals surface area contributed by atoms with Gasteiger partial charge in [0.1, 0.15) is 4.32 Å². The predicted octanol–water partition coefficient (Wildman–Crippen LogP) is 1.40. The third kappa shape index (κ3) is 6.24. The van der Waals surface area contributed by atoms with Crippen LogP contribution in [-0.2, 0) is 0 Å². The van der Waals surface area contributed by atoms with E-state index in [0.29, 0.717) is 4.32 Å². The van der Waals surface area contributed by atoms with E-state index in [1.165, 1.54) is 0 Å². The number of hydrogen-bond donors (Lipinski definition) is 2. The molecule has 0 fully saturated rings. The van der Waals surface area contributed by atoms with Crippen LogP contribution in [0.5, 0.6) is 0 Å². The number of nitrogens with one attached hydrogen (secondary N) is 1. The van der Waals surface area contributed by atoms with Crippen molar-refractivity contribution in [1.82, 2.24) is 5.32 Å². The largest absolute Gasteiger partial charge is 0.371 e. The second-order valence-electron chi connectivity index (χ2n) is 1.44. The summed E-state index contributed by atoms with van der Waals surface area (Å²) >= 11 is 8.51. The van der Waals surface area contributed by atoms with Gasteiger partial charge in [-0.15, -0.1) is 12.6 Å². The third-order valence-electron chi connectivity index (χ3n) is 0.703. The van der Waals surface area contributed by atoms with Crippen LogP contribution in [0.4, 0.5) is 0 Å². The van der Waals surface area contributed by atoms with Crippen LogP contribution in [0.3, 0.4) is 0 Å². The highest BCUT2D eigenvalue weighted by Gasteiger charge is 1.83. The van der Waals surface area contributed by atoms with Gasteiger partial charge < -0.3 is 5.32 Å². The molecule has 3 heteroatoms. The maximum atomic E-state index is 4.64. The van der Waals surface area contributed by atoms with Gasteiger partial charge in [-0.2, -0.15) is 0 Å². The van der Waals surface area contributed by atoms with E-state index in [1.807, 2.05) is 0 Å². The average molecular weight is 148 g/mol. The van der Waals surface area contributed by atoms with E-state index in [1.54, 1.807) is 0 Å². The number of hydrogen-bond acceptors (Lipinski definition) is 1. The van der Waals surface area contributed by atoms with E-state index in [0.717, 1.165) is 19.4 Å². The first-order chi connectivity index (χ1) is 3.77. The molecule has 8 heavy (non-hydrogen) atoms. The van der Waals surface area contributed by atoms with Crippen molar-refractivity contribution < 1.29 is 0 Å². The van der Waals surface area contributed by atoms with Gasteiger partial charge in [-0.3, -0.25) is 0 Å². The van der Waals surface area contributed by atoms with Crippen LogP contribution in [0.25, 0.3) is 0 Å². The minimum absolute atomic E-state index is 0.568. The van der Waals surface area contributed by atoms with Crippen molar-refractivity contribution in [3.8, 4) is 0 Å². The van der Waals surface area contributed by atoms with Crippen LogP contribution in [0, 0.1) is 6.92 Å². The molecule has 0 saturated carbocycles. The summed E-state index contributed by atoms with van der Waals surface area (Å²) in [7, 11) is 0. The number of unbranched alkanes of at least 4 members (excludes halogenated alkanes) is 1. The van der Waals surface area contributed by atoms with Gasteiger partial charge in [0.25, 0.3) is 0 Å². The van der Waals surface area contributed by atoms with E-state index >= 15 is 0 Å². The minimum atomic E-state index is 0.568. The monoisotopic (exact) mass is 148 g/mol. The van der Waals surface area contributed by atoms with Crippen LogP contribution < -0.4 is 5.32 Å². The quantitative estimate of drug-likeness (QED) is 0.356. The van der Waals surface area contributed by atoms with E-state index in [9.17, 15) is 0 Å². The first-order valence-corrected chi connectivity index (χ1v) is 3.39. The molecule has 0 amide bonds. The molecule has 0 aromatic rings. The molecule has 0 aromatic carbocycles. The second kappa shape index (κ2) is 5.38. The lowest BCUT2D eigenvalue weighted by Crippen LogP contribution is -2.16. The van der Waals surface area contributed by atoms with Crippen molar-refractivity contribution in [3.05, 3.63) is 6.92 Å². The van der Waals surface area contributed by atoms with Gasteiger partial charge in [-0.05, 0) is 6.42 Å². The molecule has 0 aromatic heterocycles. The molecule has 0 atom stereocenters. The molecule has 1 radical (unpaired) electrons. The van der Waals surface area contributed by atoms with Crippen molar-refractivity contribution in [3.63, 3.8) is 0 Å². The molecule has 0 heterocycles. The van der Waals surface area contributed by atoms with Crippen molar-refractivity contribution >= 4 is 29.2 Å². The molecule has 0 aliphatic heterocycles. The first-order valence-electron chi connectivity index (χ1n) is 2.53. The predicted molar refractivity (Wildman–Crippen MR) is 44.2 cm³/mol. The topological polar surface area (TPSA) is 12.0 Å². The van der Waals surface area contributed by atoms with E-state index in [4.69, 9.17) is 0 Å². The zero-order valence-electron chi connectivity index (χ0n) is 4.68. The van der Waals surface area contributed by atoms with Gasteiger partial charge in [-0.25, -0.2) is 0 Å². The normalized spacial score (nSPS) is 8.75. The highest BCUT2D eigenvalue weighted by molar-refractivity contribution is 8.11. The smallest absolute Gasteiger partial charge is 0.130 e. The fourth-order valence-corrected chi connectivity index (χ4v) is 0.534. The van der Waals surface area contributed by atoms with Crippen LogP contribution in [-0.4, -0.2) is 10.9 Å². The molecule has 0 unspecified atom stereocenters. The van der Waals surface area contributed by atoms with Crippen molar-refractivity contribution in [2.75, 3.05) is 6.54 Å². The Labute approximate surface area is 61.3 Å². The van der Waals surface area contributed by atoms with Crippen molar-refractivity contribution in [2.24, 2.45) is 0 Å². The van der Waals surface area contributed by atoms with Gasteiger partial charge in [-0.1, -0.05) is 25.6 Å². The molecular weight excluding hydrogens is 138 g/mol. The van der Waals surface area contributed by atoms with E-state index < -0.39 is 0 Å². The van der Waals surface area contributed by atoms with Crippen molar-refractivity contribution in [1.29, 1.82) is 0 Å². The second-order valence-corrected chi connectivity index (χ2v) is 2.60. The molecule has 0 bridgehead atoms. The standard InChI is InChI=1S/C5H10NS2/c1-2-3-4-6-5(7)8/h1-4H2,(H2,6,7,8). The lowest BCUT2D eigenvalue weighted by Gasteiger charge is -1.98. The van der Waals surface area contributed by atoms with E-state index in [2.05, 4.69) is 37.1 Å². The number of thiol groups is 1. The van der Waals surface area contributed by atoms with Gasteiger partial charge in [0.2, 0.25) is 0 Å². The summed E-state index contributed by atoms with van der Waals surface area (Å²) < 4.78 is 0.568. The Hall–Kier alpha value is 0.240. The first kappa shape index (κ1) is 8.24. The van der Waals surface area contributed by atoms with Gasteiger partial charge in [0.05, 0.1) is 0 Å². The Bertz CT molecular complexity index is 72.8. The average Bonchev–Trinajstić information content (AvgIpc) is 1.66. The highest BCUT2D eigenvalue weighted by atomic mass is 32.1. The summed E-state index contributed by atoms with van der Waals surface area (Å²) in [5, 5.41) is 2.90. The SMILES string of the molecule is [CH2]CCCNC(=S)S. The van der Waals surface area contributed by atoms with Crippen LogP contribution in [0.15, 0.2) is 0 Å². The summed E-state index contributed by atoms with van der Waals surface area (Å²) in [4.78, 5) is 0. The highest BCUT2D eigenvalue weighted by Crippen LogP contribution is 1.83. The van der Waals surface area contributed by atoms with Gasteiger partial charge in [0.15, 0.2) is 0 Å². The Morgan fingerprint density at radius 3 is 2.75 bits per heavy atom. The number of rotatable bonds is 3. The molecule has 0 aliphatic rings. The molecule has 0 spiro atoms. The Morgan fingerprint density at radius 2 is 2.38 bits per heavy atom. The van der Waals surface area contributed by atoms with E-state index in [-0.39, 0.29) is 0 Å². The maximum absolute atomic E-state index is 4.64. The van der Waals surface area contributed by atoms with Crippen molar-refractivity contribution in [2.45, 2.75) is 12.8 Å². The third-order valence-corrected chi connectivity index (χ3v) is 1.01. The summed E-state index contributed by atoms with van der Waals surface area (Å²) in [5.74, 6) is 0. The molecule has 0 rings (SSSR count). The number of thiocarbonyl (C=S) groups is 1. The Morgan fingerprint density at radius 1 is 1.75 bits per heavy atom. The zero-order valence-corrected chi connectivity index (χ0v) is 6.39. The minimum Gasteiger partial charge on any atom is -0.371 e. The molecule has 0 saturated heterocycles. The maximum Gasteiger partial charge on any atom is 0.130 e. The van der Waals surface area contributed by atoms with Crippen LogP contribution >= 0.6 is 24.8 Å². The zero-order chi connectivity index (χ0) is 6.41. The molecule has 1 nitrogen and oxygen atoms in total. The molecule has 47 valence electrons. The fraction of sp³-hybridized carbons (Fsp3) is 0.600. The molecule has 0 aliphatic carbocycles. The molecule has 1 N–H and O–H groups in total. The Balaban J connectivity index is 2.82. The van der Waals surface area contributed by atoms with Crippen LogP contribution in [0.2, 0.25) is 0 Å². The summed E-state index contributed by atoms with van der Waals surface area (Å²) in [5.41, 5.74) is 0. The Kier molecular flexibility index (Phi) is 5.54. The van der Waals surface area contributed by atoms with Gasteiger partial charge >= 0.3 is 0 Å². The fourth-order valence-electron chi connectivity index (χ4n) is 0.320. The lowest BCUT2D eigenvalue weighted by molar-refractivity contribution is 0.797. The summed E-state index contributed by atoms with van der Waals surface area (Å²) in [6.07, 6.45) is 2.00. The lowest BCUT2D eigenvalue weighted by atomic mass is 10.3. The summed E-state index contributed by atoms with van der Waals surface area (Å²) in [6, 6.07) is 0. The van der Waals surface area contributed by atoms with Gasteiger partial charge in [0, 0.05) is 6.54 Å². The summed E-state index contributed by atoms with van der Waals surface area (Å²) in [6.45, 7) is 4.57. The van der Waals surface area contributed by atoms with Crippen LogP contribution in [0.1, 0.15) is 12.8 Å².